The van der Waals surface area contributed by atoms with Crippen LogP contribution in [0.1, 0.15) is 31.9 Å². The van der Waals surface area contributed by atoms with Crippen molar-refractivity contribution in [1.82, 2.24) is 9.80 Å². The first kappa shape index (κ1) is 23.0. The highest BCUT2D eigenvalue weighted by molar-refractivity contribution is 8.19. The Morgan fingerprint density at radius 3 is 2.52 bits per heavy atom. The van der Waals surface area contributed by atoms with Gasteiger partial charge in [0.25, 0.3) is 5.91 Å². The summed E-state index contributed by atoms with van der Waals surface area (Å²) in [5.74, 6) is -0.0547. The summed E-state index contributed by atoms with van der Waals surface area (Å²) in [6.45, 7) is 7.30. The number of rotatable bonds is 5. The van der Waals surface area contributed by atoms with Crippen molar-refractivity contribution in [3.8, 4) is 6.07 Å². The van der Waals surface area contributed by atoms with Crippen LogP contribution in [-0.4, -0.2) is 34.5 Å². The lowest BCUT2D eigenvalue weighted by Crippen LogP contribution is -2.29. The molecule has 8 heteroatoms. The number of nitrogens with zero attached hydrogens (tertiary/aromatic N) is 4. The molecule has 1 N–H and O–H groups in total. The zero-order valence-electron chi connectivity index (χ0n) is 19.0. The average Bonchev–Trinajstić information content (AvgIpc) is 3.26. The zero-order valence-corrected chi connectivity index (χ0v) is 20.7. The third kappa shape index (κ3) is 4.65. The van der Waals surface area contributed by atoms with Crippen LogP contribution < -0.4 is 5.32 Å². The van der Waals surface area contributed by atoms with E-state index in [-0.39, 0.29) is 5.91 Å². The van der Waals surface area contributed by atoms with Crippen molar-refractivity contribution in [2.24, 2.45) is 4.99 Å². The van der Waals surface area contributed by atoms with E-state index >= 15 is 0 Å². The number of benzene rings is 2. The summed E-state index contributed by atoms with van der Waals surface area (Å²) in [6.07, 6.45) is 0. The molecule has 2 aromatic carbocycles. The smallest absolute Gasteiger partial charge is 0.269 e. The van der Waals surface area contributed by atoms with Gasteiger partial charge in [-0.05, 0) is 56.3 Å². The second-order valence-electron chi connectivity index (χ2n) is 7.68. The maximum absolute atomic E-state index is 13.6. The van der Waals surface area contributed by atoms with Crippen LogP contribution in [0.4, 0.5) is 11.4 Å². The minimum atomic E-state index is -0.0547. The molecule has 0 radical (unpaired) electrons. The van der Waals surface area contributed by atoms with Crippen LogP contribution in [-0.2, 0) is 11.3 Å². The molecule has 6 nitrogen and oxygen atoms in total. The van der Waals surface area contributed by atoms with Gasteiger partial charge in [-0.25, -0.2) is 4.99 Å². The minimum Gasteiger partial charge on any atom is -0.384 e. The summed E-state index contributed by atoms with van der Waals surface area (Å²) in [7, 11) is 1.99. The van der Waals surface area contributed by atoms with Crippen LogP contribution >= 0.6 is 23.5 Å². The standard InChI is InChI=1S/C25H25N5OS2/c1-5-27-20-12-11-19(14-26)13-21(20)28-25-30(15-18-9-7-6-8-10-18)23(31)22(33-25)24-29(4)16(2)17(3)32-24/h6-13,27H,5,15H2,1-4H3. The number of thioether (sulfide) groups is 2. The number of anilines is 1. The molecule has 2 aliphatic rings. The normalized spacial score (nSPS) is 19.6. The Morgan fingerprint density at radius 2 is 1.88 bits per heavy atom. The molecule has 2 aliphatic heterocycles. The monoisotopic (exact) mass is 475 g/mol. The fourth-order valence-electron chi connectivity index (χ4n) is 3.53. The molecule has 2 aromatic rings. The second kappa shape index (κ2) is 9.77. The lowest BCUT2D eigenvalue weighted by atomic mass is 10.2. The Bertz CT molecular complexity index is 1230. The number of nitrogens with one attached hydrogen (secondary N) is 1. The highest BCUT2D eigenvalue weighted by Crippen LogP contribution is 2.47. The number of amides is 1. The fourth-order valence-corrected chi connectivity index (χ4v) is 5.82. The maximum Gasteiger partial charge on any atom is 0.269 e. The molecular weight excluding hydrogens is 450 g/mol. The zero-order chi connectivity index (χ0) is 23.5. The summed E-state index contributed by atoms with van der Waals surface area (Å²) >= 11 is 3.02. The SMILES string of the molecule is CCNc1ccc(C#N)cc1N=C1SC(=C2SC(C)=C(C)N2C)C(=O)N1Cc1ccccc1. The van der Waals surface area contributed by atoms with E-state index in [1.54, 1.807) is 28.8 Å². The number of carbonyl (C=O) groups is 1. The van der Waals surface area contributed by atoms with Gasteiger partial charge < -0.3 is 10.2 Å². The van der Waals surface area contributed by atoms with E-state index in [0.29, 0.717) is 27.9 Å². The summed E-state index contributed by atoms with van der Waals surface area (Å²) in [6, 6.07) is 17.5. The van der Waals surface area contributed by atoms with E-state index in [1.807, 2.05) is 50.4 Å². The molecule has 0 unspecified atom stereocenters. The predicted octanol–water partition coefficient (Wildman–Crippen LogP) is 5.85. The first-order valence-electron chi connectivity index (χ1n) is 10.7. The summed E-state index contributed by atoms with van der Waals surface area (Å²) in [5, 5.41) is 14.2. The summed E-state index contributed by atoms with van der Waals surface area (Å²) in [5.41, 5.74) is 4.18. The quantitative estimate of drug-likeness (QED) is 0.547. The number of hydrogen-bond donors (Lipinski definition) is 1. The van der Waals surface area contributed by atoms with E-state index in [4.69, 9.17) is 4.99 Å². The Kier molecular flexibility index (Phi) is 6.82. The van der Waals surface area contributed by atoms with Crippen molar-refractivity contribution < 1.29 is 4.79 Å². The van der Waals surface area contributed by atoms with Crippen LogP contribution in [0.3, 0.4) is 0 Å². The number of hydrogen-bond acceptors (Lipinski definition) is 7. The molecule has 0 atom stereocenters. The molecule has 1 saturated heterocycles. The largest absolute Gasteiger partial charge is 0.384 e. The van der Waals surface area contributed by atoms with E-state index in [0.717, 1.165) is 28.5 Å². The lowest BCUT2D eigenvalue weighted by molar-refractivity contribution is -0.122. The molecule has 0 aliphatic carbocycles. The van der Waals surface area contributed by atoms with Crippen LogP contribution in [0.2, 0.25) is 0 Å². The van der Waals surface area contributed by atoms with Crippen molar-refractivity contribution in [1.29, 1.82) is 5.26 Å². The molecule has 0 bridgehead atoms. The van der Waals surface area contributed by atoms with Crippen molar-refractivity contribution in [3.63, 3.8) is 0 Å². The van der Waals surface area contributed by atoms with Crippen LogP contribution in [0.25, 0.3) is 0 Å². The van der Waals surface area contributed by atoms with E-state index < -0.39 is 0 Å². The van der Waals surface area contributed by atoms with Crippen molar-refractivity contribution >= 4 is 46.0 Å². The van der Waals surface area contributed by atoms with E-state index in [2.05, 4.69) is 30.1 Å². The van der Waals surface area contributed by atoms with Gasteiger partial charge in [0.15, 0.2) is 5.17 Å². The second-order valence-corrected chi connectivity index (χ2v) is 9.87. The van der Waals surface area contributed by atoms with Gasteiger partial charge in [-0.1, -0.05) is 42.1 Å². The maximum atomic E-state index is 13.6. The molecule has 0 aromatic heterocycles. The number of nitriles is 1. The first-order valence-corrected chi connectivity index (χ1v) is 12.3. The first-order chi connectivity index (χ1) is 15.9. The number of aliphatic imine (C=N–C) groups is 1. The number of amidine groups is 1. The third-order valence-corrected chi connectivity index (χ3v) is 7.99. The third-order valence-electron chi connectivity index (χ3n) is 5.52. The minimum absolute atomic E-state index is 0.0547. The van der Waals surface area contributed by atoms with Crippen LogP contribution in [0.5, 0.6) is 0 Å². The molecule has 0 spiro atoms. The van der Waals surface area contributed by atoms with Gasteiger partial charge in [-0.3, -0.25) is 9.69 Å². The molecule has 0 saturated carbocycles. The fraction of sp³-hybridized carbons (Fsp3) is 0.240. The molecule has 2 heterocycles. The van der Waals surface area contributed by atoms with Gasteiger partial charge >= 0.3 is 0 Å². The predicted molar refractivity (Wildman–Crippen MR) is 138 cm³/mol. The number of allylic oxidation sites excluding steroid dienone is 2. The average molecular weight is 476 g/mol. The molecule has 168 valence electrons. The van der Waals surface area contributed by atoms with Gasteiger partial charge in [-0.15, -0.1) is 0 Å². The highest BCUT2D eigenvalue weighted by atomic mass is 32.2. The topological polar surface area (TPSA) is 71.7 Å². The number of carbonyl (C=O) groups excluding carboxylic acids is 1. The van der Waals surface area contributed by atoms with Crippen molar-refractivity contribution in [3.05, 3.63) is 80.2 Å². The van der Waals surface area contributed by atoms with Gasteiger partial charge in [-0.2, -0.15) is 5.26 Å². The van der Waals surface area contributed by atoms with Gasteiger partial charge in [0.2, 0.25) is 0 Å². The molecule has 33 heavy (non-hydrogen) atoms. The van der Waals surface area contributed by atoms with Crippen LogP contribution in [0, 0.1) is 11.3 Å². The van der Waals surface area contributed by atoms with E-state index in [9.17, 15) is 10.1 Å². The summed E-state index contributed by atoms with van der Waals surface area (Å²) in [4.78, 5) is 24.2. The highest BCUT2D eigenvalue weighted by Gasteiger charge is 2.38. The molecule has 4 rings (SSSR count). The van der Waals surface area contributed by atoms with Crippen LogP contribution in [0.15, 0.2) is 74.1 Å². The molecule has 1 amide bonds. The summed E-state index contributed by atoms with van der Waals surface area (Å²) < 4.78 is 0. The Morgan fingerprint density at radius 1 is 1.12 bits per heavy atom. The van der Waals surface area contributed by atoms with Crippen molar-refractivity contribution in [2.75, 3.05) is 18.9 Å². The van der Waals surface area contributed by atoms with Gasteiger partial charge in [0, 0.05) is 24.2 Å². The Hall–Kier alpha value is -3.15. The Balaban J connectivity index is 1.80. The van der Waals surface area contributed by atoms with E-state index in [1.165, 1.54) is 16.7 Å². The molecule has 1 fully saturated rings. The lowest BCUT2D eigenvalue weighted by Gasteiger charge is -2.17. The van der Waals surface area contributed by atoms with Crippen molar-refractivity contribution in [2.45, 2.75) is 27.3 Å². The van der Waals surface area contributed by atoms with Gasteiger partial charge in [0.1, 0.15) is 4.91 Å². The van der Waals surface area contributed by atoms with Gasteiger partial charge in [0.05, 0.1) is 34.6 Å². The molecular formula is C25H25N5OS2. The Labute approximate surface area is 203 Å².